The highest BCUT2D eigenvalue weighted by Crippen LogP contribution is 2.28. The number of sulfonamides is 1. The molecule has 0 aliphatic heterocycles. The quantitative estimate of drug-likeness (QED) is 0.348. The molecule has 0 saturated heterocycles. The van der Waals surface area contributed by atoms with E-state index in [-0.39, 0.29) is 16.3 Å². The lowest BCUT2D eigenvalue weighted by molar-refractivity contribution is 0.310. The Hall–Kier alpha value is -2.85. The van der Waals surface area contributed by atoms with Crippen LogP contribution in [-0.2, 0) is 23.1 Å². The second kappa shape index (κ2) is 10.2. The zero-order valence-electron chi connectivity index (χ0n) is 18.6. The Morgan fingerprint density at radius 3 is 2.44 bits per heavy atom. The van der Waals surface area contributed by atoms with Crippen molar-refractivity contribution in [2.24, 2.45) is 0 Å². The van der Waals surface area contributed by atoms with Gasteiger partial charge in [-0.15, -0.1) is 0 Å². The predicted octanol–water partition coefficient (Wildman–Crippen LogP) is 4.65. The van der Waals surface area contributed by atoms with Crippen LogP contribution in [0.15, 0.2) is 70.4 Å². The number of nitrogens with one attached hydrogen (secondary N) is 1. The molecule has 4 aromatic rings. The van der Waals surface area contributed by atoms with Crippen LogP contribution in [0.25, 0.3) is 10.2 Å². The van der Waals surface area contributed by atoms with Crippen LogP contribution in [0.1, 0.15) is 18.1 Å². The number of aromatic nitrogens is 1. The van der Waals surface area contributed by atoms with Crippen molar-refractivity contribution in [3.8, 4) is 11.5 Å². The molecule has 4 rings (SSSR count). The predicted molar refractivity (Wildman–Crippen MR) is 135 cm³/mol. The highest BCUT2D eigenvalue weighted by atomic mass is 35.5. The van der Waals surface area contributed by atoms with E-state index in [4.69, 9.17) is 21.1 Å². The Bertz CT molecular complexity index is 1480. The van der Waals surface area contributed by atoms with Crippen molar-refractivity contribution in [3.05, 3.63) is 86.5 Å². The van der Waals surface area contributed by atoms with E-state index in [1.54, 1.807) is 48.1 Å². The Labute approximate surface area is 206 Å². The van der Waals surface area contributed by atoms with Gasteiger partial charge in [-0.3, -0.25) is 9.36 Å². The third kappa shape index (κ3) is 5.28. The first kappa shape index (κ1) is 24.3. The first-order valence-corrected chi connectivity index (χ1v) is 13.2. The Morgan fingerprint density at radius 1 is 1.00 bits per heavy atom. The minimum absolute atomic E-state index is 0.0816. The highest BCUT2D eigenvalue weighted by molar-refractivity contribution is 7.89. The second-order valence-electron chi connectivity index (χ2n) is 7.45. The molecule has 0 unspecified atom stereocenters. The van der Waals surface area contributed by atoms with Crippen LogP contribution in [0.5, 0.6) is 11.5 Å². The largest absolute Gasteiger partial charge is 0.493 e. The fourth-order valence-corrected chi connectivity index (χ4v) is 5.67. The zero-order valence-corrected chi connectivity index (χ0v) is 21.0. The molecule has 178 valence electrons. The molecule has 1 N–H and O–H groups in total. The third-order valence-electron chi connectivity index (χ3n) is 5.20. The van der Waals surface area contributed by atoms with Crippen LogP contribution in [0, 0.1) is 0 Å². The maximum Gasteiger partial charge on any atom is 0.308 e. The Balaban J connectivity index is 1.55. The summed E-state index contributed by atoms with van der Waals surface area (Å²) < 4.78 is 41.5. The van der Waals surface area contributed by atoms with E-state index in [2.05, 4.69) is 4.72 Å². The average Bonchev–Trinajstić information content (AvgIpc) is 3.13. The SMILES string of the molecule is CCOc1cc(CNS(=O)(=O)c2ccc3c(c2)sc(=O)n3Cc2ccc(Cl)cc2)ccc1OC. The number of hydrogen-bond donors (Lipinski definition) is 1. The highest BCUT2D eigenvalue weighted by Gasteiger charge is 2.17. The Kier molecular flexibility index (Phi) is 7.27. The topological polar surface area (TPSA) is 86.6 Å². The fourth-order valence-electron chi connectivity index (χ4n) is 3.50. The van der Waals surface area contributed by atoms with Crippen molar-refractivity contribution in [2.75, 3.05) is 13.7 Å². The lowest BCUT2D eigenvalue weighted by atomic mass is 10.2. The summed E-state index contributed by atoms with van der Waals surface area (Å²) >= 11 is 6.96. The fraction of sp³-hybridized carbons (Fsp3) is 0.208. The molecule has 0 aliphatic carbocycles. The average molecular weight is 519 g/mol. The van der Waals surface area contributed by atoms with E-state index in [1.165, 1.54) is 12.1 Å². The van der Waals surface area contributed by atoms with E-state index >= 15 is 0 Å². The van der Waals surface area contributed by atoms with Crippen LogP contribution in [-0.4, -0.2) is 26.7 Å². The molecule has 1 heterocycles. The van der Waals surface area contributed by atoms with Crippen LogP contribution >= 0.6 is 22.9 Å². The van der Waals surface area contributed by atoms with Gasteiger partial charge in [0.2, 0.25) is 10.0 Å². The van der Waals surface area contributed by atoms with Gasteiger partial charge in [-0.1, -0.05) is 41.1 Å². The molecule has 0 radical (unpaired) electrons. The zero-order chi connectivity index (χ0) is 24.3. The standard InChI is InChI=1S/C24H23ClN2O5S2/c1-3-32-22-12-17(6-11-21(22)31-2)14-26-34(29,30)19-9-10-20-23(13-19)33-24(28)27(20)15-16-4-7-18(25)8-5-16/h4-13,26H,3,14-15H2,1-2H3. The Morgan fingerprint density at radius 2 is 1.74 bits per heavy atom. The lowest BCUT2D eigenvalue weighted by Gasteiger charge is -2.12. The summed E-state index contributed by atoms with van der Waals surface area (Å²) in [4.78, 5) is 12.5. The van der Waals surface area contributed by atoms with Crippen molar-refractivity contribution in [2.45, 2.75) is 24.9 Å². The number of fused-ring (bicyclic) bond motifs is 1. The number of benzene rings is 3. The normalized spacial score (nSPS) is 11.6. The first-order chi connectivity index (χ1) is 16.3. The van der Waals surface area contributed by atoms with Crippen LogP contribution in [0.4, 0.5) is 0 Å². The first-order valence-electron chi connectivity index (χ1n) is 10.5. The number of ether oxygens (including phenoxy) is 2. The van der Waals surface area contributed by atoms with Crippen LogP contribution in [0.2, 0.25) is 5.02 Å². The summed E-state index contributed by atoms with van der Waals surface area (Å²) in [5, 5.41) is 0.623. The van der Waals surface area contributed by atoms with E-state index in [0.29, 0.717) is 39.9 Å². The molecule has 3 aromatic carbocycles. The minimum Gasteiger partial charge on any atom is -0.493 e. The van der Waals surface area contributed by atoms with Gasteiger partial charge in [0, 0.05) is 11.6 Å². The molecule has 0 saturated carbocycles. The van der Waals surface area contributed by atoms with E-state index in [0.717, 1.165) is 22.5 Å². The molecule has 0 aliphatic rings. The smallest absolute Gasteiger partial charge is 0.308 e. The van der Waals surface area contributed by atoms with Crippen LogP contribution < -0.4 is 19.1 Å². The van der Waals surface area contributed by atoms with Crippen molar-refractivity contribution in [3.63, 3.8) is 0 Å². The molecule has 1 aromatic heterocycles. The second-order valence-corrected chi connectivity index (χ2v) is 10.6. The van der Waals surface area contributed by atoms with Gasteiger partial charge in [0.1, 0.15) is 0 Å². The third-order valence-corrected chi connectivity index (χ3v) is 7.79. The summed E-state index contributed by atoms with van der Waals surface area (Å²) in [6.07, 6.45) is 0. The van der Waals surface area contributed by atoms with Gasteiger partial charge in [0.15, 0.2) is 11.5 Å². The van der Waals surface area contributed by atoms with Gasteiger partial charge in [0.25, 0.3) is 0 Å². The minimum atomic E-state index is -3.80. The lowest BCUT2D eigenvalue weighted by Crippen LogP contribution is -2.23. The molecular formula is C24H23ClN2O5S2. The van der Waals surface area contributed by atoms with Crippen molar-refractivity contribution in [1.29, 1.82) is 0 Å². The molecule has 10 heteroatoms. The van der Waals surface area contributed by atoms with Crippen molar-refractivity contribution < 1.29 is 17.9 Å². The molecule has 0 atom stereocenters. The number of thiazole rings is 1. The molecule has 0 fully saturated rings. The van der Waals surface area contributed by atoms with Gasteiger partial charge in [-0.2, -0.15) is 0 Å². The summed E-state index contributed by atoms with van der Waals surface area (Å²) in [6, 6.07) is 17.2. The number of hydrogen-bond acceptors (Lipinski definition) is 6. The van der Waals surface area contributed by atoms with E-state index < -0.39 is 10.0 Å². The summed E-state index contributed by atoms with van der Waals surface area (Å²) in [5.74, 6) is 1.13. The summed E-state index contributed by atoms with van der Waals surface area (Å²) in [6.45, 7) is 2.78. The van der Waals surface area contributed by atoms with Gasteiger partial charge in [-0.25, -0.2) is 13.1 Å². The van der Waals surface area contributed by atoms with Gasteiger partial charge in [0.05, 0.1) is 35.4 Å². The number of methoxy groups -OCH3 is 1. The van der Waals surface area contributed by atoms with Gasteiger partial charge < -0.3 is 9.47 Å². The summed E-state index contributed by atoms with van der Waals surface area (Å²) in [7, 11) is -2.25. The monoisotopic (exact) mass is 518 g/mol. The molecule has 0 amide bonds. The maximum absolute atomic E-state index is 12.9. The van der Waals surface area contributed by atoms with Gasteiger partial charge in [-0.05, 0) is 60.5 Å². The molecule has 0 spiro atoms. The van der Waals surface area contributed by atoms with E-state index in [1.807, 2.05) is 19.1 Å². The maximum atomic E-state index is 12.9. The molecule has 34 heavy (non-hydrogen) atoms. The van der Waals surface area contributed by atoms with E-state index in [9.17, 15) is 13.2 Å². The van der Waals surface area contributed by atoms with Crippen molar-refractivity contribution >= 4 is 43.2 Å². The number of rotatable bonds is 9. The van der Waals surface area contributed by atoms with Gasteiger partial charge >= 0.3 is 4.87 Å². The molecular weight excluding hydrogens is 496 g/mol. The molecule has 0 bridgehead atoms. The van der Waals surface area contributed by atoms with Crippen LogP contribution in [0.3, 0.4) is 0 Å². The number of halogens is 1. The summed E-state index contributed by atoms with van der Waals surface area (Å²) in [5.41, 5.74) is 2.34. The number of nitrogens with zero attached hydrogens (tertiary/aromatic N) is 1. The van der Waals surface area contributed by atoms with Crippen molar-refractivity contribution in [1.82, 2.24) is 9.29 Å². The molecule has 7 nitrogen and oxygen atoms in total.